The first kappa shape index (κ1) is 7.98. The molecule has 0 aromatic heterocycles. The number of rotatable bonds is 3. The molecule has 1 heterocycles. The monoisotopic (exact) mass is 145 g/mol. The summed E-state index contributed by atoms with van der Waals surface area (Å²) in [4.78, 5) is 4.96. The van der Waals surface area contributed by atoms with Crippen LogP contribution in [0, 0.1) is 5.92 Å². The molecule has 10 heavy (non-hydrogen) atoms. The minimum atomic E-state index is 0.185. The topological polar surface area (TPSA) is 25.0 Å². The second-order valence-corrected chi connectivity index (χ2v) is 2.96. The molecule has 0 aromatic rings. The second-order valence-electron chi connectivity index (χ2n) is 2.96. The van der Waals surface area contributed by atoms with Crippen molar-refractivity contribution in [3.05, 3.63) is 0 Å². The highest BCUT2D eigenvalue weighted by Crippen LogP contribution is 2.30. The third-order valence-corrected chi connectivity index (χ3v) is 1.80. The highest BCUT2D eigenvalue weighted by molar-refractivity contribution is 4.83. The summed E-state index contributed by atoms with van der Waals surface area (Å²) in [5, 5.41) is 1.74. The zero-order chi connectivity index (χ0) is 7.72. The summed E-state index contributed by atoms with van der Waals surface area (Å²) in [6.45, 7) is 4.29. The Hall–Kier alpha value is -0.120. The third-order valence-electron chi connectivity index (χ3n) is 1.80. The first-order valence-corrected chi connectivity index (χ1v) is 3.59. The predicted octanol–water partition coefficient (Wildman–Crippen LogP) is 0.860. The fourth-order valence-corrected chi connectivity index (χ4v) is 0.999. The van der Waals surface area contributed by atoms with Gasteiger partial charge in [-0.1, -0.05) is 13.8 Å². The average Bonchev–Trinajstić information content (AvgIpc) is 2.64. The van der Waals surface area contributed by atoms with E-state index in [2.05, 4.69) is 13.8 Å². The van der Waals surface area contributed by atoms with E-state index in [1.807, 2.05) is 7.05 Å². The van der Waals surface area contributed by atoms with Crippen LogP contribution in [0.1, 0.15) is 13.8 Å². The van der Waals surface area contributed by atoms with Gasteiger partial charge in [-0.05, 0) is 5.92 Å². The van der Waals surface area contributed by atoms with Crippen LogP contribution in [0.15, 0.2) is 0 Å². The molecule has 3 heteroatoms. The van der Waals surface area contributed by atoms with Crippen LogP contribution in [-0.2, 0) is 9.57 Å². The van der Waals surface area contributed by atoms with Gasteiger partial charge in [0.1, 0.15) is 6.10 Å². The van der Waals surface area contributed by atoms with Crippen molar-refractivity contribution in [2.45, 2.75) is 26.2 Å². The van der Waals surface area contributed by atoms with Crippen LogP contribution in [0.5, 0.6) is 0 Å². The predicted molar refractivity (Wildman–Crippen MR) is 38.3 cm³/mol. The van der Waals surface area contributed by atoms with Gasteiger partial charge in [0.15, 0.2) is 6.23 Å². The summed E-state index contributed by atoms with van der Waals surface area (Å²) in [6.07, 6.45) is 0.551. The largest absolute Gasteiger partial charge is 0.351 e. The highest BCUT2D eigenvalue weighted by Gasteiger charge is 2.44. The van der Waals surface area contributed by atoms with E-state index < -0.39 is 0 Å². The van der Waals surface area contributed by atoms with Crippen molar-refractivity contribution in [1.29, 1.82) is 0 Å². The Bertz CT molecular complexity index is 116. The summed E-state index contributed by atoms with van der Waals surface area (Å²) in [5.74, 6) is 0.586. The van der Waals surface area contributed by atoms with Crippen LogP contribution >= 0.6 is 0 Å². The Morgan fingerprint density at radius 1 is 1.50 bits per heavy atom. The van der Waals surface area contributed by atoms with E-state index in [-0.39, 0.29) is 6.23 Å². The molecule has 60 valence electrons. The molecule has 1 rings (SSSR count). The molecule has 0 amide bonds. The number of hydrogen-bond donors (Lipinski definition) is 0. The number of ether oxygens (including phenoxy) is 1. The number of nitrogens with zero attached hydrogens (tertiary/aromatic N) is 1. The molecule has 0 aromatic carbocycles. The first-order chi connectivity index (χ1) is 4.66. The quantitative estimate of drug-likeness (QED) is 0.435. The zero-order valence-electron chi connectivity index (χ0n) is 7.00. The fourth-order valence-electron chi connectivity index (χ4n) is 0.999. The number of hydrogen-bond acceptors (Lipinski definition) is 3. The standard InChI is InChI=1S/C7H15NO2/c1-5(2)6-7(10-6)8(3)9-4/h5-7H,1-4H3/t6-,7?/m0/s1. The van der Waals surface area contributed by atoms with E-state index in [1.165, 1.54) is 0 Å². The summed E-state index contributed by atoms with van der Waals surface area (Å²) >= 11 is 0. The second kappa shape index (κ2) is 2.86. The van der Waals surface area contributed by atoms with Gasteiger partial charge in [-0.25, -0.2) is 0 Å². The van der Waals surface area contributed by atoms with Crippen molar-refractivity contribution in [3.8, 4) is 0 Å². The molecule has 0 spiro atoms. The van der Waals surface area contributed by atoms with Crippen molar-refractivity contribution in [2.24, 2.45) is 5.92 Å². The lowest BCUT2D eigenvalue weighted by Crippen LogP contribution is -2.23. The molecule has 1 saturated heterocycles. The molecule has 1 aliphatic rings. The minimum absolute atomic E-state index is 0.185. The Balaban J connectivity index is 2.24. The van der Waals surface area contributed by atoms with Gasteiger partial charge in [-0.3, -0.25) is 4.84 Å². The van der Waals surface area contributed by atoms with Crippen LogP contribution in [0.3, 0.4) is 0 Å². The van der Waals surface area contributed by atoms with Crippen LogP contribution in [-0.4, -0.2) is 31.6 Å². The van der Waals surface area contributed by atoms with E-state index in [4.69, 9.17) is 9.57 Å². The Morgan fingerprint density at radius 3 is 2.40 bits per heavy atom. The number of epoxide rings is 1. The molecule has 0 N–H and O–H groups in total. The molecular weight excluding hydrogens is 130 g/mol. The zero-order valence-corrected chi connectivity index (χ0v) is 7.00. The summed E-state index contributed by atoms with van der Waals surface area (Å²) in [7, 11) is 3.53. The first-order valence-electron chi connectivity index (χ1n) is 3.59. The maximum Gasteiger partial charge on any atom is 0.159 e. The number of hydroxylamine groups is 2. The molecule has 0 saturated carbocycles. The smallest absolute Gasteiger partial charge is 0.159 e. The highest BCUT2D eigenvalue weighted by atomic mass is 16.7. The van der Waals surface area contributed by atoms with Crippen LogP contribution in [0.2, 0.25) is 0 Å². The molecule has 3 nitrogen and oxygen atoms in total. The Morgan fingerprint density at radius 2 is 2.10 bits per heavy atom. The molecule has 1 fully saturated rings. The summed E-state index contributed by atoms with van der Waals surface area (Å²) in [6, 6.07) is 0. The molecule has 0 aliphatic carbocycles. The van der Waals surface area contributed by atoms with Gasteiger partial charge >= 0.3 is 0 Å². The maximum atomic E-state index is 5.33. The van der Waals surface area contributed by atoms with Crippen LogP contribution in [0.4, 0.5) is 0 Å². The Kier molecular flexibility index (Phi) is 2.28. The van der Waals surface area contributed by atoms with Gasteiger partial charge in [-0.2, -0.15) is 5.06 Å². The van der Waals surface area contributed by atoms with Crippen LogP contribution in [0.25, 0.3) is 0 Å². The van der Waals surface area contributed by atoms with Crippen molar-refractivity contribution < 1.29 is 9.57 Å². The van der Waals surface area contributed by atoms with E-state index >= 15 is 0 Å². The van der Waals surface area contributed by atoms with Gasteiger partial charge < -0.3 is 4.74 Å². The number of likely N-dealkylation sites (N-methyl/N-ethyl adjacent to an activating group) is 1. The average molecular weight is 145 g/mol. The lowest BCUT2D eigenvalue weighted by atomic mass is 10.1. The van der Waals surface area contributed by atoms with Crippen molar-refractivity contribution >= 4 is 0 Å². The van der Waals surface area contributed by atoms with Gasteiger partial charge in [0.25, 0.3) is 0 Å². The van der Waals surface area contributed by atoms with Crippen molar-refractivity contribution in [2.75, 3.05) is 14.2 Å². The van der Waals surface area contributed by atoms with Crippen molar-refractivity contribution in [3.63, 3.8) is 0 Å². The fraction of sp³-hybridized carbons (Fsp3) is 1.00. The van der Waals surface area contributed by atoms with E-state index in [0.29, 0.717) is 12.0 Å². The Labute approximate surface area is 61.9 Å². The third kappa shape index (κ3) is 1.48. The summed E-state index contributed by atoms with van der Waals surface area (Å²) < 4.78 is 5.33. The molecule has 2 atom stereocenters. The molecule has 0 bridgehead atoms. The molecular formula is C7H15NO2. The van der Waals surface area contributed by atoms with Gasteiger partial charge in [0.05, 0.1) is 7.11 Å². The molecule has 0 radical (unpaired) electrons. The lowest BCUT2D eigenvalue weighted by Gasteiger charge is -2.09. The van der Waals surface area contributed by atoms with E-state index in [0.717, 1.165) is 0 Å². The maximum absolute atomic E-state index is 5.33. The lowest BCUT2D eigenvalue weighted by molar-refractivity contribution is -0.138. The minimum Gasteiger partial charge on any atom is -0.351 e. The summed E-state index contributed by atoms with van der Waals surface area (Å²) in [5.41, 5.74) is 0. The van der Waals surface area contributed by atoms with E-state index in [9.17, 15) is 0 Å². The normalized spacial score (nSPS) is 31.8. The molecule has 1 aliphatic heterocycles. The van der Waals surface area contributed by atoms with Crippen LogP contribution < -0.4 is 0 Å². The van der Waals surface area contributed by atoms with Gasteiger partial charge in [0.2, 0.25) is 0 Å². The van der Waals surface area contributed by atoms with Gasteiger partial charge in [0, 0.05) is 7.05 Å². The van der Waals surface area contributed by atoms with Crippen molar-refractivity contribution in [1.82, 2.24) is 5.06 Å². The SMILES string of the molecule is CON(C)C1O[C@H]1C(C)C. The molecule has 1 unspecified atom stereocenters. The van der Waals surface area contributed by atoms with Gasteiger partial charge in [-0.15, -0.1) is 0 Å². The van der Waals surface area contributed by atoms with E-state index in [1.54, 1.807) is 12.2 Å².